The van der Waals surface area contributed by atoms with E-state index in [4.69, 9.17) is 9.47 Å². The molecular weight excluding hydrogens is 328 g/mol. The lowest BCUT2D eigenvalue weighted by Gasteiger charge is -2.11. The van der Waals surface area contributed by atoms with Gasteiger partial charge in [0.2, 0.25) is 5.91 Å². The summed E-state index contributed by atoms with van der Waals surface area (Å²) in [6, 6.07) is 7.59. The van der Waals surface area contributed by atoms with E-state index in [9.17, 15) is 4.79 Å². The second-order valence-electron chi connectivity index (χ2n) is 5.41. The first-order valence-corrected chi connectivity index (χ1v) is 8.80. The summed E-state index contributed by atoms with van der Waals surface area (Å²) in [6.07, 6.45) is 3.87. The smallest absolute Gasteiger partial charge is 0.230 e. The van der Waals surface area contributed by atoms with E-state index < -0.39 is 0 Å². The van der Waals surface area contributed by atoms with Gasteiger partial charge in [-0.25, -0.2) is 0 Å². The van der Waals surface area contributed by atoms with Crippen LogP contribution in [0.5, 0.6) is 5.75 Å². The largest absolute Gasteiger partial charge is 0.497 e. The molecule has 2 heterocycles. The maximum atomic E-state index is 12.0. The Morgan fingerprint density at radius 1 is 1.46 bits per heavy atom. The third-order valence-corrected chi connectivity index (χ3v) is 4.69. The fourth-order valence-electron chi connectivity index (χ4n) is 2.46. The Morgan fingerprint density at radius 3 is 3.00 bits per heavy atom. The minimum Gasteiger partial charge on any atom is -0.497 e. The van der Waals surface area contributed by atoms with Gasteiger partial charge >= 0.3 is 0 Å². The summed E-state index contributed by atoms with van der Waals surface area (Å²) in [4.78, 5) is 12.0. The predicted molar refractivity (Wildman–Crippen MR) is 90.6 cm³/mol. The molecule has 1 amide bonds. The van der Waals surface area contributed by atoms with Gasteiger partial charge in [0, 0.05) is 18.8 Å². The van der Waals surface area contributed by atoms with Gasteiger partial charge < -0.3 is 14.8 Å². The summed E-state index contributed by atoms with van der Waals surface area (Å²) in [5.41, 5.74) is 0.920. The minimum absolute atomic E-state index is 0.0280. The van der Waals surface area contributed by atoms with Crippen molar-refractivity contribution in [3.05, 3.63) is 30.6 Å². The van der Waals surface area contributed by atoms with Crippen molar-refractivity contribution in [2.24, 2.45) is 0 Å². The number of aromatic nitrogens is 3. The topological polar surface area (TPSA) is 78.3 Å². The Bertz CT molecular complexity index is 668. The monoisotopic (exact) mass is 348 g/mol. The predicted octanol–water partition coefficient (Wildman–Crippen LogP) is 1.66. The number of amides is 1. The van der Waals surface area contributed by atoms with Crippen LogP contribution in [0.25, 0.3) is 5.69 Å². The van der Waals surface area contributed by atoms with E-state index in [1.165, 1.54) is 11.8 Å². The zero-order chi connectivity index (χ0) is 16.8. The van der Waals surface area contributed by atoms with Gasteiger partial charge in [-0.15, -0.1) is 10.2 Å². The first kappa shape index (κ1) is 16.8. The lowest BCUT2D eigenvalue weighted by molar-refractivity contribution is -0.119. The molecule has 1 aliphatic heterocycles. The number of carbonyl (C=O) groups is 1. The van der Waals surface area contributed by atoms with Gasteiger partial charge in [-0.05, 0) is 37.1 Å². The number of thioether (sulfide) groups is 1. The number of carbonyl (C=O) groups excluding carboxylic acids is 1. The lowest BCUT2D eigenvalue weighted by atomic mass is 10.2. The number of ether oxygens (including phenoxy) is 2. The van der Waals surface area contributed by atoms with Crippen molar-refractivity contribution in [2.45, 2.75) is 24.1 Å². The number of benzene rings is 1. The van der Waals surface area contributed by atoms with E-state index in [-0.39, 0.29) is 12.0 Å². The van der Waals surface area contributed by atoms with Crippen LogP contribution in [0.3, 0.4) is 0 Å². The number of nitrogens with one attached hydrogen (secondary N) is 1. The third-order valence-electron chi connectivity index (χ3n) is 3.75. The summed E-state index contributed by atoms with van der Waals surface area (Å²) in [5, 5.41) is 11.6. The van der Waals surface area contributed by atoms with Crippen LogP contribution in [0.1, 0.15) is 12.8 Å². The van der Waals surface area contributed by atoms with Crippen LogP contribution in [0.2, 0.25) is 0 Å². The first-order valence-electron chi connectivity index (χ1n) is 7.82. The molecule has 0 unspecified atom stereocenters. The number of nitrogens with zero attached hydrogens (tertiary/aromatic N) is 3. The molecule has 1 aromatic heterocycles. The molecule has 1 atom stereocenters. The Labute approximate surface area is 144 Å². The van der Waals surface area contributed by atoms with Gasteiger partial charge in [-0.1, -0.05) is 11.8 Å². The van der Waals surface area contributed by atoms with Gasteiger partial charge in [0.05, 0.1) is 19.0 Å². The normalized spacial score (nSPS) is 17.0. The van der Waals surface area contributed by atoms with E-state index in [0.717, 1.165) is 30.9 Å². The number of hydrogen-bond acceptors (Lipinski definition) is 6. The molecule has 0 aliphatic carbocycles. The summed E-state index contributed by atoms with van der Waals surface area (Å²) >= 11 is 1.35. The molecule has 2 aromatic rings. The van der Waals surface area contributed by atoms with E-state index in [1.807, 2.05) is 28.8 Å². The molecule has 1 fully saturated rings. The molecule has 0 saturated carbocycles. The number of rotatable bonds is 7. The first-order chi connectivity index (χ1) is 11.8. The van der Waals surface area contributed by atoms with E-state index >= 15 is 0 Å². The Balaban J connectivity index is 1.53. The average molecular weight is 348 g/mol. The Hall–Kier alpha value is -2.06. The van der Waals surface area contributed by atoms with Crippen molar-refractivity contribution in [2.75, 3.05) is 26.0 Å². The summed E-state index contributed by atoms with van der Waals surface area (Å²) in [6.45, 7) is 1.37. The van der Waals surface area contributed by atoms with Crippen LogP contribution >= 0.6 is 11.8 Å². The van der Waals surface area contributed by atoms with Gasteiger partial charge in [0.1, 0.15) is 12.1 Å². The van der Waals surface area contributed by atoms with Crippen LogP contribution < -0.4 is 10.1 Å². The fourth-order valence-corrected chi connectivity index (χ4v) is 3.22. The molecule has 1 aliphatic rings. The van der Waals surface area contributed by atoms with Crippen LogP contribution in [0.4, 0.5) is 0 Å². The van der Waals surface area contributed by atoms with Crippen LogP contribution in [-0.4, -0.2) is 52.8 Å². The molecule has 3 rings (SSSR count). The SMILES string of the molecule is COc1ccc(-n2cnnc2SCC(=O)NC[C@@H]2CCCO2)cc1. The highest BCUT2D eigenvalue weighted by Gasteiger charge is 2.16. The highest BCUT2D eigenvalue weighted by Crippen LogP contribution is 2.21. The molecule has 128 valence electrons. The average Bonchev–Trinajstić information content (AvgIpc) is 3.29. The molecule has 0 radical (unpaired) electrons. The molecule has 0 spiro atoms. The maximum absolute atomic E-state index is 12.0. The van der Waals surface area contributed by atoms with E-state index in [0.29, 0.717) is 17.5 Å². The Morgan fingerprint density at radius 2 is 2.29 bits per heavy atom. The molecule has 8 heteroatoms. The maximum Gasteiger partial charge on any atom is 0.230 e. The second-order valence-corrected chi connectivity index (χ2v) is 6.35. The summed E-state index contributed by atoms with van der Waals surface area (Å²) < 4.78 is 12.5. The molecular formula is C16H20N4O3S. The molecule has 1 saturated heterocycles. The summed E-state index contributed by atoms with van der Waals surface area (Å²) in [5.74, 6) is 1.05. The minimum atomic E-state index is -0.0280. The van der Waals surface area contributed by atoms with Crippen molar-refractivity contribution >= 4 is 17.7 Å². The van der Waals surface area contributed by atoms with Crippen LogP contribution in [0, 0.1) is 0 Å². The standard InChI is InChI=1S/C16H20N4O3S/c1-22-13-6-4-12(5-7-13)20-11-18-19-16(20)24-10-15(21)17-9-14-3-2-8-23-14/h4-7,11,14H,2-3,8-10H2,1H3,(H,17,21)/t14-/m0/s1. The number of methoxy groups -OCH3 is 1. The second kappa shape index (κ2) is 8.16. The molecule has 24 heavy (non-hydrogen) atoms. The highest BCUT2D eigenvalue weighted by molar-refractivity contribution is 7.99. The van der Waals surface area contributed by atoms with Crippen molar-refractivity contribution in [1.29, 1.82) is 0 Å². The van der Waals surface area contributed by atoms with Gasteiger partial charge in [0.25, 0.3) is 0 Å². The van der Waals surface area contributed by atoms with E-state index in [2.05, 4.69) is 15.5 Å². The van der Waals surface area contributed by atoms with Crippen molar-refractivity contribution < 1.29 is 14.3 Å². The number of hydrogen-bond donors (Lipinski definition) is 1. The highest BCUT2D eigenvalue weighted by atomic mass is 32.2. The van der Waals surface area contributed by atoms with E-state index in [1.54, 1.807) is 13.4 Å². The van der Waals surface area contributed by atoms with Gasteiger partial charge in [-0.2, -0.15) is 0 Å². The molecule has 0 bridgehead atoms. The lowest BCUT2D eigenvalue weighted by Crippen LogP contribution is -2.32. The zero-order valence-electron chi connectivity index (χ0n) is 13.5. The molecule has 7 nitrogen and oxygen atoms in total. The third kappa shape index (κ3) is 4.27. The van der Waals surface area contributed by atoms with Crippen molar-refractivity contribution in [1.82, 2.24) is 20.1 Å². The molecule has 1 aromatic carbocycles. The quantitative estimate of drug-likeness (QED) is 0.767. The van der Waals surface area contributed by atoms with Crippen molar-refractivity contribution in [3.63, 3.8) is 0 Å². The zero-order valence-corrected chi connectivity index (χ0v) is 14.3. The van der Waals surface area contributed by atoms with Gasteiger partial charge in [0.15, 0.2) is 5.16 Å². The van der Waals surface area contributed by atoms with Gasteiger partial charge in [-0.3, -0.25) is 9.36 Å². The molecule has 1 N–H and O–H groups in total. The Kier molecular flexibility index (Phi) is 5.71. The van der Waals surface area contributed by atoms with Crippen LogP contribution in [0.15, 0.2) is 35.7 Å². The summed E-state index contributed by atoms with van der Waals surface area (Å²) in [7, 11) is 1.63. The fraction of sp³-hybridized carbons (Fsp3) is 0.438. The van der Waals surface area contributed by atoms with Crippen LogP contribution in [-0.2, 0) is 9.53 Å². The van der Waals surface area contributed by atoms with Crippen molar-refractivity contribution in [3.8, 4) is 11.4 Å².